The van der Waals surface area contributed by atoms with Crippen molar-refractivity contribution >= 4 is 16.9 Å². The Morgan fingerprint density at radius 1 is 1.31 bits per heavy atom. The van der Waals surface area contributed by atoms with E-state index in [2.05, 4.69) is 19.0 Å². The minimum atomic E-state index is 0. The van der Waals surface area contributed by atoms with Gasteiger partial charge in [0.25, 0.3) is 0 Å². The Hall–Kier alpha value is 0.360. The summed E-state index contributed by atoms with van der Waals surface area (Å²) in [5.74, 6) is 0.975. The lowest BCUT2D eigenvalue weighted by Gasteiger charge is -2.07. The normalized spacial score (nSPS) is 8.85. The zero-order chi connectivity index (χ0) is 8.69. The summed E-state index contributed by atoms with van der Waals surface area (Å²) >= 11 is 1.43. The van der Waals surface area contributed by atoms with Crippen LogP contribution in [0.15, 0.2) is 0 Å². The molecule has 0 aromatic carbocycles. The van der Waals surface area contributed by atoms with Crippen LogP contribution in [-0.2, 0) is 0 Å². The number of rotatable bonds is 5. The van der Waals surface area contributed by atoms with Gasteiger partial charge in [-0.25, -0.2) is 0 Å². The van der Waals surface area contributed by atoms with Crippen molar-refractivity contribution in [2.24, 2.45) is 5.73 Å². The number of nitrogens with zero attached hydrogens (tertiary/aromatic N) is 1. The van der Waals surface area contributed by atoms with E-state index in [1.54, 1.807) is 0 Å². The van der Waals surface area contributed by atoms with Crippen LogP contribution in [0.2, 0.25) is 0 Å². The second-order valence-electron chi connectivity index (χ2n) is 2.72. The lowest BCUT2D eigenvalue weighted by atomic mass is 10.3. The van der Waals surface area contributed by atoms with Crippen molar-refractivity contribution < 1.29 is 24.8 Å². The van der Waals surface area contributed by atoms with E-state index in [0.717, 1.165) is 18.7 Å². The predicted octanol–water partition coefficient (Wildman–Crippen LogP) is -5.04. The Bertz CT molecular complexity index is 122. The summed E-state index contributed by atoms with van der Waals surface area (Å²) in [6, 6.07) is 0. The molecule has 0 aliphatic rings. The second kappa shape index (κ2) is 12.4. The van der Waals surface area contributed by atoms with E-state index in [4.69, 9.17) is 11.1 Å². The molecule has 0 radical (unpaired) electrons. The standard InChI is InChI=1S/C7H17N3S.2ClH/c1-10(2)5-3-4-6-11-7(8)9;;/h3-6H2,1-2H3,(H3,8,9);2*1H/p-2. The molecule has 0 atom stereocenters. The molecule has 13 heavy (non-hydrogen) atoms. The maximum absolute atomic E-state index is 6.94. The lowest BCUT2D eigenvalue weighted by Crippen LogP contribution is -3.00. The van der Waals surface area contributed by atoms with Crippen LogP contribution >= 0.6 is 11.8 Å². The third kappa shape index (κ3) is 19.0. The van der Waals surface area contributed by atoms with Crippen LogP contribution in [0.4, 0.5) is 0 Å². The van der Waals surface area contributed by atoms with Gasteiger partial charge in [-0.1, -0.05) is 11.8 Å². The molecule has 0 saturated heterocycles. The molecular formula is C7H17Cl2N3S-2. The number of hydrogen-bond donors (Lipinski definition) is 2. The molecule has 3 nitrogen and oxygen atoms in total. The molecule has 0 aliphatic carbocycles. The summed E-state index contributed by atoms with van der Waals surface area (Å²) in [5, 5.41) is 7.18. The molecule has 0 spiro atoms. The Balaban J connectivity index is -0.000000500. The fourth-order valence-electron chi connectivity index (χ4n) is 0.712. The average Bonchev–Trinajstić information content (AvgIpc) is 1.85. The van der Waals surface area contributed by atoms with Crippen molar-refractivity contribution in [3.8, 4) is 0 Å². The number of thioether (sulfide) groups is 1. The van der Waals surface area contributed by atoms with E-state index in [1.165, 1.54) is 18.2 Å². The number of halogens is 2. The minimum absolute atomic E-state index is 0. The predicted molar refractivity (Wildman–Crippen MR) is 52.2 cm³/mol. The van der Waals surface area contributed by atoms with E-state index < -0.39 is 0 Å². The molecule has 0 heterocycles. The quantitative estimate of drug-likeness (QED) is 0.290. The Labute approximate surface area is 97.1 Å². The highest BCUT2D eigenvalue weighted by molar-refractivity contribution is 8.13. The summed E-state index contributed by atoms with van der Waals surface area (Å²) in [6.45, 7) is 1.12. The Morgan fingerprint density at radius 3 is 2.23 bits per heavy atom. The summed E-state index contributed by atoms with van der Waals surface area (Å²) in [5.41, 5.74) is 5.17. The van der Waals surface area contributed by atoms with Crippen LogP contribution in [0.3, 0.4) is 0 Å². The van der Waals surface area contributed by atoms with Crippen molar-refractivity contribution in [2.75, 3.05) is 26.4 Å². The third-order valence-electron chi connectivity index (χ3n) is 1.26. The van der Waals surface area contributed by atoms with E-state index in [0.29, 0.717) is 0 Å². The number of nitrogens with two attached hydrogens (primary N) is 1. The average molecular weight is 246 g/mol. The van der Waals surface area contributed by atoms with Gasteiger partial charge >= 0.3 is 0 Å². The molecule has 6 heteroatoms. The molecule has 0 amide bonds. The highest BCUT2D eigenvalue weighted by Gasteiger charge is 1.92. The number of nitrogens with one attached hydrogen (secondary N) is 1. The largest absolute Gasteiger partial charge is 1.00 e. The number of amidine groups is 1. The molecule has 82 valence electrons. The zero-order valence-corrected chi connectivity index (χ0v) is 10.3. The van der Waals surface area contributed by atoms with Gasteiger partial charge in [0, 0.05) is 5.75 Å². The van der Waals surface area contributed by atoms with Crippen LogP contribution in [-0.4, -0.2) is 36.5 Å². The van der Waals surface area contributed by atoms with Gasteiger partial charge in [0.15, 0.2) is 5.17 Å². The van der Waals surface area contributed by atoms with E-state index in [9.17, 15) is 0 Å². The molecule has 0 fully saturated rings. The molecule has 0 unspecified atom stereocenters. The smallest absolute Gasteiger partial charge is 0.151 e. The van der Waals surface area contributed by atoms with Gasteiger partial charge in [0.05, 0.1) is 0 Å². The minimum Gasteiger partial charge on any atom is -1.00 e. The molecule has 0 bridgehead atoms. The number of hydrogen-bond acceptors (Lipinski definition) is 3. The molecule has 0 aromatic rings. The Morgan fingerprint density at radius 2 is 1.85 bits per heavy atom. The van der Waals surface area contributed by atoms with Crippen LogP contribution in [0.25, 0.3) is 0 Å². The third-order valence-corrected chi connectivity index (χ3v) is 2.06. The molecular weight excluding hydrogens is 229 g/mol. The molecule has 3 N–H and O–H groups in total. The molecule has 0 aliphatic heterocycles. The van der Waals surface area contributed by atoms with E-state index >= 15 is 0 Å². The molecule has 0 saturated carbocycles. The van der Waals surface area contributed by atoms with Crippen molar-refractivity contribution in [3.05, 3.63) is 0 Å². The van der Waals surface area contributed by atoms with Gasteiger partial charge in [0.1, 0.15) is 0 Å². The van der Waals surface area contributed by atoms with Gasteiger partial charge in [-0.05, 0) is 33.5 Å². The van der Waals surface area contributed by atoms with E-state index in [-0.39, 0.29) is 30.0 Å². The van der Waals surface area contributed by atoms with Crippen LogP contribution in [0, 0.1) is 5.41 Å². The van der Waals surface area contributed by atoms with Gasteiger partial charge in [-0.2, -0.15) is 0 Å². The van der Waals surface area contributed by atoms with Crippen molar-refractivity contribution in [1.29, 1.82) is 5.41 Å². The van der Waals surface area contributed by atoms with Gasteiger partial charge in [0.2, 0.25) is 0 Å². The monoisotopic (exact) mass is 245 g/mol. The van der Waals surface area contributed by atoms with Crippen LogP contribution in [0.5, 0.6) is 0 Å². The first-order chi connectivity index (χ1) is 5.13. The Kier molecular flexibility index (Phi) is 18.1. The van der Waals surface area contributed by atoms with Crippen molar-refractivity contribution in [3.63, 3.8) is 0 Å². The fourth-order valence-corrected chi connectivity index (χ4v) is 1.28. The van der Waals surface area contributed by atoms with Gasteiger partial charge in [-0.3, -0.25) is 5.41 Å². The molecule has 0 rings (SSSR count). The summed E-state index contributed by atoms with van der Waals surface area (Å²) in [7, 11) is 4.14. The van der Waals surface area contributed by atoms with Gasteiger partial charge in [-0.15, -0.1) is 0 Å². The first kappa shape index (κ1) is 19.0. The SMILES string of the molecule is CN(C)CCCCSC(=N)N.[Cl-].[Cl-]. The lowest BCUT2D eigenvalue weighted by molar-refractivity contribution is -0.001000. The van der Waals surface area contributed by atoms with Crippen LogP contribution in [0.1, 0.15) is 12.8 Å². The number of unbranched alkanes of at least 4 members (excludes halogenated alkanes) is 1. The van der Waals surface area contributed by atoms with E-state index in [1.807, 2.05) is 0 Å². The maximum Gasteiger partial charge on any atom is 0.151 e. The zero-order valence-electron chi connectivity index (χ0n) is 8.02. The maximum atomic E-state index is 6.94. The van der Waals surface area contributed by atoms with Crippen LogP contribution < -0.4 is 30.5 Å². The fraction of sp³-hybridized carbons (Fsp3) is 0.857. The van der Waals surface area contributed by atoms with Crippen molar-refractivity contribution in [1.82, 2.24) is 4.90 Å². The van der Waals surface area contributed by atoms with Gasteiger partial charge < -0.3 is 35.4 Å². The summed E-state index contributed by atoms with van der Waals surface area (Å²) < 4.78 is 0. The highest BCUT2D eigenvalue weighted by Crippen LogP contribution is 2.02. The highest BCUT2D eigenvalue weighted by atomic mass is 35.5. The topological polar surface area (TPSA) is 53.1 Å². The first-order valence-corrected chi connectivity index (χ1v) is 4.73. The summed E-state index contributed by atoms with van der Waals surface area (Å²) in [4.78, 5) is 2.17. The summed E-state index contributed by atoms with van der Waals surface area (Å²) in [6.07, 6.45) is 2.33. The first-order valence-electron chi connectivity index (χ1n) is 3.74. The van der Waals surface area contributed by atoms with Crippen molar-refractivity contribution in [2.45, 2.75) is 12.8 Å². The second-order valence-corrected chi connectivity index (χ2v) is 3.86. The molecule has 0 aromatic heterocycles.